The minimum absolute atomic E-state index is 0.318. The maximum atomic E-state index is 12.8. The third-order valence-corrected chi connectivity index (χ3v) is 2.65. The zero-order chi connectivity index (χ0) is 12.3. The lowest BCUT2D eigenvalue weighted by molar-refractivity contribution is 0.500. The molecule has 2 aromatic carbocycles. The average molecular weight is 235 g/mol. The van der Waals surface area contributed by atoms with Crippen molar-refractivity contribution in [3.63, 3.8) is 0 Å². The lowest BCUT2D eigenvalue weighted by atomic mass is 9.75. The number of rotatable bonds is 3. The van der Waals surface area contributed by atoms with Crippen LogP contribution in [0.1, 0.15) is 11.1 Å². The van der Waals surface area contributed by atoms with Gasteiger partial charge in [0.2, 0.25) is 0 Å². The van der Waals surface area contributed by atoms with Crippen molar-refractivity contribution in [1.82, 2.24) is 0 Å². The van der Waals surface area contributed by atoms with Gasteiger partial charge in [-0.2, -0.15) is 0 Å². The number of hydrogen-bond acceptors (Lipinski definition) is 0. The fourth-order valence-corrected chi connectivity index (χ4v) is 1.83. The normalized spacial score (nSPS) is 11.5. The summed E-state index contributed by atoms with van der Waals surface area (Å²) < 4.78 is 38.4. The molecule has 2 aromatic rings. The maximum Gasteiger partial charge on any atom is 0.509 e. The van der Waals surface area contributed by atoms with Crippen LogP contribution in [0.5, 0.6) is 0 Å². The van der Waals surface area contributed by atoms with Gasteiger partial charge in [-0.25, -0.2) is 0 Å². The Balaban J connectivity index is 2.34. The Bertz CT molecular complexity index is 492. The molecule has 0 fully saturated rings. The first-order valence-electron chi connectivity index (χ1n) is 5.39. The minimum atomic E-state index is -4.94. The summed E-state index contributed by atoms with van der Waals surface area (Å²) in [7, 11) is 0. The number of halogens is 3. The van der Waals surface area contributed by atoms with E-state index in [-0.39, 0.29) is 0 Å². The smallest absolute Gasteiger partial charge is 0.445 e. The van der Waals surface area contributed by atoms with Gasteiger partial charge < -0.3 is 12.9 Å². The Morgan fingerprint density at radius 3 is 2.00 bits per heavy atom. The molecule has 0 bridgehead atoms. The quantitative estimate of drug-likeness (QED) is 0.715. The third kappa shape index (κ3) is 2.90. The molecule has 0 saturated heterocycles. The predicted molar refractivity (Wildman–Crippen MR) is 64.4 cm³/mol. The Kier molecular flexibility index (Phi) is 3.22. The topological polar surface area (TPSA) is 0 Å². The van der Waals surface area contributed by atoms with Gasteiger partial charge in [-0.15, -0.1) is 5.46 Å². The third-order valence-electron chi connectivity index (χ3n) is 2.65. The molecule has 0 amide bonds. The van der Waals surface area contributed by atoms with Crippen LogP contribution in [0.4, 0.5) is 12.9 Å². The van der Waals surface area contributed by atoms with Crippen molar-refractivity contribution in [3.05, 3.63) is 65.7 Å². The molecule has 0 spiro atoms. The van der Waals surface area contributed by atoms with Crippen LogP contribution in [-0.2, 0) is 6.42 Å². The van der Waals surface area contributed by atoms with Crippen LogP contribution >= 0.6 is 0 Å². The van der Waals surface area contributed by atoms with E-state index in [4.69, 9.17) is 0 Å². The van der Waals surface area contributed by atoms with Crippen molar-refractivity contribution in [2.24, 2.45) is 0 Å². The lowest BCUT2D eigenvalue weighted by Gasteiger charge is -2.19. The zero-order valence-electron chi connectivity index (χ0n) is 9.11. The van der Waals surface area contributed by atoms with Gasteiger partial charge in [0.1, 0.15) is 0 Å². The minimum Gasteiger partial charge on any atom is -0.445 e. The molecule has 0 nitrogen and oxygen atoms in total. The van der Waals surface area contributed by atoms with Gasteiger partial charge in [0.05, 0.1) is 0 Å². The summed E-state index contributed by atoms with van der Waals surface area (Å²) >= 11 is 0. The Morgan fingerprint density at radius 2 is 1.35 bits per heavy atom. The van der Waals surface area contributed by atoms with Crippen molar-refractivity contribution < 1.29 is 12.9 Å². The van der Waals surface area contributed by atoms with Crippen LogP contribution in [0, 0.1) is 0 Å². The summed E-state index contributed by atoms with van der Waals surface area (Å²) in [6.07, 6.45) is 0.318. The van der Waals surface area contributed by atoms with Gasteiger partial charge >= 0.3 is 6.98 Å². The number of hydrogen-bond donors (Lipinski definition) is 0. The molecule has 0 aliphatic carbocycles. The Labute approximate surface area is 98.2 Å². The van der Waals surface area contributed by atoms with Gasteiger partial charge in [0.15, 0.2) is 0 Å². The Hall–Kier alpha value is -1.71. The second kappa shape index (κ2) is 4.66. The summed E-state index contributed by atoms with van der Waals surface area (Å²) in [6, 6.07) is 14.9. The molecule has 4 heteroatoms. The van der Waals surface area contributed by atoms with E-state index in [2.05, 4.69) is 0 Å². The lowest BCUT2D eigenvalue weighted by Crippen LogP contribution is -2.36. The molecule has 17 heavy (non-hydrogen) atoms. The van der Waals surface area contributed by atoms with E-state index in [1.807, 2.05) is 30.3 Å². The van der Waals surface area contributed by atoms with Crippen LogP contribution in [0.3, 0.4) is 0 Å². The Morgan fingerprint density at radius 1 is 0.765 bits per heavy atom. The predicted octanol–water partition coefficient (Wildman–Crippen LogP) is 3.33. The zero-order valence-corrected chi connectivity index (χ0v) is 9.11. The van der Waals surface area contributed by atoms with E-state index < -0.39 is 12.4 Å². The van der Waals surface area contributed by atoms with Crippen LogP contribution < -0.4 is 5.46 Å². The van der Waals surface area contributed by atoms with Gasteiger partial charge in [-0.3, -0.25) is 0 Å². The molecule has 0 unspecified atom stereocenters. The van der Waals surface area contributed by atoms with E-state index in [1.54, 1.807) is 6.07 Å². The first-order chi connectivity index (χ1) is 8.07. The van der Waals surface area contributed by atoms with E-state index in [9.17, 15) is 12.9 Å². The monoisotopic (exact) mass is 235 g/mol. The van der Waals surface area contributed by atoms with Crippen LogP contribution in [0.15, 0.2) is 54.6 Å². The summed E-state index contributed by atoms with van der Waals surface area (Å²) in [5.41, 5.74) is 0.738. The van der Waals surface area contributed by atoms with Crippen molar-refractivity contribution >= 4 is 12.4 Å². The maximum absolute atomic E-state index is 12.8. The molecular formula is C13H11BF3-. The SMILES string of the molecule is F[B-](F)(F)c1ccccc1Cc1ccccc1. The molecule has 0 heterocycles. The highest BCUT2D eigenvalue weighted by atomic mass is 19.4. The number of benzene rings is 2. The second-order valence-electron chi connectivity index (χ2n) is 3.94. The van der Waals surface area contributed by atoms with E-state index >= 15 is 0 Å². The molecule has 0 radical (unpaired) electrons. The fourth-order valence-electron chi connectivity index (χ4n) is 1.83. The highest BCUT2D eigenvalue weighted by molar-refractivity contribution is 6.74. The van der Waals surface area contributed by atoms with Crippen molar-refractivity contribution in [2.45, 2.75) is 6.42 Å². The molecule has 0 saturated carbocycles. The van der Waals surface area contributed by atoms with Gasteiger partial charge in [-0.05, 0) is 12.0 Å². The summed E-state index contributed by atoms with van der Waals surface area (Å²) in [5.74, 6) is 0. The fraction of sp³-hybridized carbons (Fsp3) is 0.0769. The van der Waals surface area contributed by atoms with E-state index in [1.165, 1.54) is 12.1 Å². The first kappa shape index (κ1) is 11.8. The van der Waals surface area contributed by atoms with Crippen molar-refractivity contribution in [1.29, 1.82) is 0 Å². The summed E-state index contributed by atoms with van der Waals surface area (Å²) in [4.78, 5) is 0. The highest BCUT2D eigenvalue weighted by Gasteiger charge is 2.27. The van der Waals surface area contributed by atoms with Crippen molar-refractivity contribution in [2.75, 3.05) is 0 Å². The highest BCUT2D eigenvalue weighted by Crippen LogP contribution is 2.15. The molecule has 0 atom stereocenters. The molecule has 88 valence electrons. The van der Waals surface area contributed by atoms with E-state index in [0.29, 0.717) is 12.0 Å². The van der Waals surface area contributed by atoms with Crippen LogP contribution in [0.2, 0.25) is 0 Å². The van der Waals surface area contributed by atoms with Gasteiger partial charge in [0.25, 0.3) is 0 Å². The van der Waals surface area contributed by atoms with Crippen LogP contribution in [-0.4, -0.2) is 6.98 Å². The first-order valence-corrected chi connectivity index (χ1v) is 5.39. The van der Waals surface area contributed by atoms with Gasteiger partial charge in [0, 0.05) is 0 Å². The van der Waals surface area contributed by atoms with E-state index in [0.717, 1.165) is 11.6 Å². The summed E-state index contributed by atoms with van der Waals surface area (Å²) in [6.45, 7) is -4.94. The molecular weight excluding hydrogens is 224 g/mol. The molecule has 0 N–H and O–H groups in total. The second-order valence-corrected chi connectivity index (χ2v) is 3.94. The standard InChI is InChI=1S/C13H11BF3/c15-14(16,17)13-9-5-4-8-12(13)10-11-6-2-1-3-7-11/h1-9H,10H2/q-1. The molecule has 0 aliphatic rings. The van der Waals surface area contributed by atoms with Crippen molar-refractivity contribution in [3.8, 4) is 0 Å². The summed E-state index contributed by atoms with van der Waals surface area (Å²) in [5, 5.41) is 0. The molecule has 0 aromatic heterocycles. The largest absolute Gasteiger partial charge is 0.509 e. The molecule has 0 aliphatic heterocycles. The van der Waals surface area contributed by atoms with Crippen LogP contribution in [0.25, 0.3) is 0 Å². The average Bonchev–Trinajstić information content (AvgIpc) is 2.30. The molecule has 2 rings (SSSR count). The van der Waals surface area contributed by atoms with Gasteiger partial charge in [-0.1, -0.05) is 60.2 Å².